The van der Waals surface area contributed by atoms with Gasteiger partial charge >= 0.3 is 0 Å². The Bertz CT molecular complexity index is 740. The maximum absolute atomic E-state index is 5.96. The number of ether oxygens (including phenoxy) is 1. The van der Waals surface area contributed by atoms with Crippen LogP contribution in [0.4, 0.5) is 0 Å². The average Bonchev–Trinajstić information content (AvgIpc) is 2.86. The van der Waals surface area contributed by atoms with E-state index < -0.39 is 0 Å². The average molecular weight is 289 g/mol. The third-order valence-electron chi connectivity index (χ3n) is 2.96. The number of aromatic nitrogens is 2. The molecule has 0 saturated carbocycles. The summed E-state index contributed by atoms with van der Waals surface area (Å²) in [5.41, 5.74) is 2.03. The van der Waals surface area contributed by atoms with E-state index in [9.17, 15) is 0 Å². The lowest BCUT2D eigenvalue weighted by Gasteiger charge is -2.02. The van der Waals surface area contributed by atoms with Crippen molar-refractivity contribution in [2.24, 2.45) is 0 Å². The van der Waals surface area contributed by atoms with E-state index in [2.05, 4.69) is 16.0 Å². The molecule has 0 bridgehead atoms. The van der Waals surface area contributed by atoms with Gasteiger partial charge in [-0.05, 0) is 23.8 Å². The molecule has 0 spiro atoms. The third-order valence-corrected chi connectivity index (χ3v) is 3.16. The number of halogens is 1. The molecule has 0 fully saturated rings. The van der Waals surface area contributed by atoms with Crippen LogP contribution in [0.25, 0.3) is 10.9 Å². The van der Waals surface area contributed by atoms with Crippen LogP contribution in [0.5, 0.6) is 0 Å². The molecular weight excluding hydrogens is 276 g/mol. The van der Waals surface area contributed by atoms with E-state index in [4.69, 9.17) is 20.8 Å². The molecule has 0 aliphatic carbocycles. The molecule has 0 aliphatic rings. The molecule has 0 radical (unpaired) electrons. The van der Waals surface area contributed by atoms with Crippen molar-refractivity contribution in [3.8, 4) is 0 Å². The highest BCUT2D eigenvalue weighted by Gasteiger charge is 2.06. The van der Waals surface area contributed by atoms with Crippen molar-refractivity contribution in [2.75, 3.05) is 7.11 Å². The Hall–Kier alpha value is -1.91. The largest absolute Gasteiger partial charge is 0.443 e. The number of oxazole rings is 1. The molecule has 0 amide bonds. The minimum Gasteiger partial charge on any atom is -0.443 e. The first kappa shape index (κ1) is 13.1. The number of methoxy groups -OCH3 is 1. The van der Waals surface area contributed by atoms with E-state index in [0.29, 0.717) is 23.9 Å². The molecular formula is C15H13ClN2O2. The summed E-state index contributed by atoms with van der Waals surface area (Å²) in [4.78, 5) is 8.51. The fraction of sp³-hybridized carbons (Fsp3) is 0.200. The Kier molecular flexibility index (Phi) is 3.67. The molecule has 3 rings (SSSR count). The SMILES string of the molecule is COCc1cnc(Cc2ccc3ncc(Cl)cc3c2)o1. The standard InChI is InChI=1S/C15H13ClN2O2/c1-19-9-13-8-18-15(20-13)5-10-2-3-14-11(4-10)6-12(16)7-17-14/h2-4,6-8H,5,9H2,1H3. The molecule has 20 heavy (non-hydrogen) atoms. The van der Waals surface area contributed by atoms with Gasteiger partial charge in [0, 0.05) is 25.1 Å². The molecule has 5 heteroatoms. The van der Waals surface area contributed by atoms with Crippen LogP contribution in [0, 0.1) is 0 Å². The van der Waals surface area contributed by atoms with Crippen LogP contribution in [-0.2, 0) is 17.8 Å². The molecule has 1 aromatic carbocycles. The van der Waals surface area contributed by atoms with Crippen LogP contribution in [0.3, 0.4) is 0 Å². The zero-order valence-electron chi connectivity index (χ0n) is 11.0. The second-order valence-electron chi connectivity index (χ2n) is 4.51. The molecule has 0 atom stereocenters. The zero-order valence-corrected chi connectivity index (χ0v) is 11.7. The lowest BCUT2D eigenvalue weighted by atomic mass is 10.1. The zero-order chi connectivity index (χ0) is 13.9. The Morgan fingerprint density at radius 1 is 1.20 bits per heavy atom. The fourth-order valence-corrected chi connectivity index (χ4v) is 2.24. The predicted molar refractivity (Wildman–Crippen MR) is 76.8 cm³/mol. The maximum atomic E-state index is 5.96. The number of fused-ring (bicyclic) bond motifs is 1. The van der Waals surface area contributed by atoms with Gasteiger partial charge in [-0.25, -0.2) is 4.98 Å². The summed E-state index contributed by atoms with van der Waals surface area (Å²) in [6.45, 7) is 0.435. The van der Waals surface area contributed by atoms with Crippen LogP contribution in [0.1, 0.15) is 17.2 Å². The minimum absolute atomic E-state index is 0.435. The van der Waals surface area contributed by atoms with Gasteiger partial charge in [-0.15, -0.1) is 0 Å². The number of pyridine rings is 1. The van der Waals surface area contributed by atoms with E-state index in [1.165, 1.54) is 0 Å². The Morgan fingerprint density at radius 2 is 2.10 bits per heavy atom. The number of rotatable bonds is 4. The van der Waals surface area contributed by atoms with E-state index in [-0.39, 0.29) is 0 Å². The Balaban J connectivity index is 1.86. The predicted octanol–water partition coefficient (Wildman–Crippen LogP) is 3.61. The smallest absolute Gasteiger partial charge is 0.198 e. The summed E-state index contributed by atoms with van der Waals surface area (Å²) >= 11 is 5.96. The topological polar surface area (TPSA) is 48.2 Å². The Labute approximate surface area is 121 Å². The lowest BCUT2D eigenvalue weighted by Crippen LogP contribution is -1.89. The van der Waals surface area contributed by atoms with Crippen LogP contribution < -0.4 is 0 Å². The van der Waals surface area contributed by atoms with Crippen molar-refractivity contribution in [3.05, 3.63) is 58.9 Å². The quantitative estimate of drug-likeness (QED) is 0.736. The molecule has 4 nitrogen and oxygen atoms in total. The van der Waals surface area contributed by atoms with Crippen molar-refractivity contribution < 1.29 is 9.15 Å². The summed E-state index contributed by atoms with van der Waals surface area (Å²) in [6.07, 6.45) is 3.97. The van der Waals surface area contributed by atoms with Crippen molar-refractivity contribution in [2.45, 2.75) is 13.0 Å². The summed E-state index contributed by atoms with van der Waals surface area (Å²) in [7, 11) is 1.63. The van der Waals surface area contributed by atoms with Gasteiger partial charge in [-0.1, -0.05) is 17.7 Å². The van der Waals surface area contributed by atoms with Crippen LogP contribution in [-0.4, -0.2) is 17.1 Å². The molecule has 2 heterocycles. The second-order valence-corrected chi connectivity index (χ2v) is 4.95. The summed E-state index contributed by atoms with van der Waals surface area (Å²) < 4.78 is 10.6. The number of hydrogen-bond donors (Lipinski definition) is 0. The van der Waals surface area contributed by atoms with Crippen LogP contribution in [0.15, 0.2) is 41.1 Å². The lowest BCUT2D eigenvalue weighted by molar-refractivity contribution is 0.163. The molecule has 0 saturated heterocycles. The number of hydrogen-bond acceptors (Lipinski definition) is 4. The monoisotopic (exact) mass is 288 g/mol. The van der Waals surface area contributed by atoms with Crippen molar-refractivity contribution in [3.63, 3.8) is 0 Å². The maximum Gasteiger partial charge on any atom is 0.198 e. The van der Waals surface area contributed by atoms with Crippen molar-refractivity contribution in [1.82, 2.24) is 9.97 Å². The van der Waals surface area contributed by atoms with Crippen LogP contribution in [0.2, 0.25) is 5.02 Å². The molecule has 0 unspecified atom stereocenters. The van der Waals surface area contributed by atoms with E-state index in [1.807, 2.05) is 18.2 Å². The Morgan fingerprint density at radius 3 is 2.95 bits per heavy atom. The first-order valence-electron chi connectivity index (χ1n) is 6.21. The molecule has 0 aliphatic heterocycles. The molecule has 3 aromatic rings. The summed E-state index contributed by atoms with van der Waals surface area (Å²) in [6, 6.07) is 7.94. The number of benzene rings is 1. The van der Waals surface area contributed by atoms with E-state index in [1.54, 1.807) is 19.5 Å². The van der Waals surface area contributed by atoms with Gasteiger partial charge in [-0.2, -0.15) is 0 Å². The highest BCUT2D eigenvalue weighted by atomic mass is 35.5. The summed E-state index contributed by atoms with van der Waals surface area (Å²) in [5, 5.41) is 1.65. The highest BCUT2D eigenvalue weighted by Crippen LogP contribution is 2.20. The van der Waals surface area contributed by atoms with Gasteiger partial charge in [0.15, 0.2) is 5.89 Å². The fourth-order valence-electron chi connectivity index (χ4n) is 2.08. The van der Waals surface area contributed by atoms with Crippen molar-refractivity contribution in [1.29, 1.82) is 0 Å². The minimum atomic E-state index is 0.435. The molecule has 2 aromatic heterocycles. The first-order valence-corrected chi connectivity index (χ1v) is 6.59. The summed E-state index contributed by atoms with van der Waals surface area (Å²) in [5.74, 6) is 1.40. The molecule has 102 valence electrons. The van der Waals surface area contributed by atoms with Crippen LogP contribution >= 0.6 is 11.6 Å². The van der Waals surface area contributed by atoms with Crippen molar-refractivity contribution >= 4 is 22.5 Å². The highest BCUT2D eigenvalue weighted by molar-refractivity contribution is 6.31. The van der Waals surface area contributed by atoms with Gasteiger partial charge in [0.05, 0.1) is 16.7 Å². The van der Waals surface area contributed by atoms with E-state index in [0.717, 1.165) is 22.2 Å². The second kappa shape index (κ2) is 5.61. The van der Waals surface area contributed by atoms with Gasteiger partial charge < -0.3 is 9.15 Å². The third kappa shape index (κ3) is 2.81. The molecule has 0 N–H and O–H groups in total. The van der Waals surface area contributed by atoms with E-state index >= 15 is 0 Å². The number of nitrogens with zero attached hydrogens (tertiary/aromatic N) is 2. The van der Waals surface area contributed by atoms with Gasteiger partial charge in [0.2, 0.25) is 0 Å². The van der Waals surface area contributed by atoms with Gasteiger partial charge in [0.25, 0.3) is 0 Å². The first-order chi connectivity index (χ1) is 9.74. The van der Waals surface area contributed by atoms with Gasteiger partial charge in [0.1, 0.15) is 12.4 Å². The normalized spacial score (nSPS) is 11.1. The van der Waals surface area contributed by atoms with Gasteiger partial charge in [-0.3, -0.25) is 4.98 Å².